The molecule has 0 spiro atoms. The highest BCUT2D eigenvalue weighted by Crippen LogP contribution is 2.21. The molecule has 0 unspecified atom stereocenters. The van der Waals surface area contributed by atoms with Crippen LogP contribution in [0.2, 0.25) is 5.02 Å². The van der Waals surface area contributed by atoms with E-state index in [9.17, 15) is 9.59 Å². The number of aromatic nitrogens is 4. The lowest BCUT2D eigenvalue weighted by atomic mass is 10.1. The number of rotatable bonds is 3. The van der Waals surface area contributed by atoms with Gasteiger partial charge in [-0.2, -0.15) is 0 Å². The summed E-state index contributed by atoms with van der Waals surface area (Å²) >= 11 is 6.18. The molecule has 0 atom stereocenters. The van der Waals surface area contributed by atoms with Gasteiger partial charge in [0.2, 0.25) is 5.65 Å². The molecule has 0 amide bonds. The van der Waals surface area contributed by atoms with E-state index < -0.39 is 0 Å². The molecule has 6 nitrogen and oxygen atoms in total. The molecule has 4 rings (SSSR count). The Morgan fingerprint density at radius 2 is 1.78 bits per heavy atom. The Balaban J connectivity index is 1.88. The molecule has 2 aromatic carbocycles. The van der Waals surface area contributed by atoms with Gasteiger partial charge in [0.05, 0.1) is 12.2 Å². The van der Waals surface area contributed by atoms with Crippen molar-refractivity contribution in [3.05, 3.63) is 97.4 Å². The molecule has 0 N–H and O–H groups in total. The normalized spacial score (nSPS) is 11.2. The van der Waals surface area contributed by atoms with Crippen molar-refractivity contribution in [3.63, 3.8) is 0 Å². The van der Waals surface area contributed by atoms with Gasteiger partial charge in [0.25, 0.3) is 0 Å². The third-order valence-corrected chi connectivity index (χ3v) is 5.13. The predicted octanol–water partition coefficient (Wildman–Crippen LogP) is 2.97. The highest BCUT2D eigenvalue weighted by Gasteiger charge is 2.15. The summed E-state index contributed by atoms with van der Waals surface area (Å²) in [6, 6.07) is 13.1. The van der Waals surface area contributed by atoms with Crippen LogP contribution in [0.1, 0.15) is 16.7 Å². The van der Waals surface area contributed by atoms with E-state index in [2.05, 4.69) is 5.10 Å². The summed E-state index contributed by atoms with van der Waals surface area (Å²) in [4.78, 5) is 25.6. The van der Waals surface area contributed by atoms with E-state index >= 15 is 0 Å². The first-order chi connectivity index (χ1) is 13.0. The third kappa shape index (κ3) is 2.88. The SMILES string of the molecule is Cc1ccccc1Cn1nc2c(=O)n(-c3cccc(Cl)c3C)ccn2c1=O. The zero-order chi connectivity index (χ0) is 19.1. The van der Waals surface area contributed by atoms with Crippen molar-refractivity contribution in [1.82, 2.24) is 18.7 Å². The standard InChI is InChI=1S/C20H17ClN4O2/c1-13-6-3-4-7-15(13)12-25-20(27)24-11-10-23(19(26)18(24)22-25)17-9-5-8-16(21)14(17)2/h3-11H,12H2,1-2H3. The fraction of sp³-hybridized carbons (Fsp3) is 0.150. The minimum atomic E-state index is -0.372. The molecule has 4 aromatic rings. The maximum atomic E-state index is 13.0. The smallest absolute Gasteiger partial charge is 0.279 e. The Labute approximate surface area is 159 Å². The second-order valence-corrected chi connectivity index (χ2v) is 6.82. The molecular weight excluding hydrogens is 364 g/mol. The van der Waals surface area contributed by atoms with Crippen molar-refractivity contribution < 1.29 is 0 Å². The second-order valence-electron chi connectivity index (χ2n) is 6.42. The van der Waals surface area contributed by atoms with E-state index in [1.807, 2.05) is 44.2 Å². The average molecular weight is 381 g/mol. The van der Waals surface area contributed by atoms with Crippen LogP contribution in [0.5, 0.6) is 0 Å². The van der Waals surface area contributed by atoms with Crippen molar-refractivity contribution in [3.8, 4) is 5.69 Å². The highest BCUT2D eigenvalue weighted by atomic mass is 35.5. The first kappa shape index (κ1) is 17.3. The van der Waals surface area contributed by atoms with Crippen LogP contribution in [0.25, 0.3) is 11.3 Å². The molecule has 27 heavy (non-hydrogen) atoms. The lowest BCUT2D eigenvalue weighted by Gasteiger charge is -2.09. The van der Waals surface area contributed by atoms with E-state index in [1.54, 1.807) is 24.5 Å². The molecule has 0 aliphatic rings. The number of hydrogen-bond donors (Lipinski definition) is 0. The van der Waals surface area contributed by atoms with Crippen LogP contribution in [0, 0.1) is 13.8 Å². The van der Waals surface area contributed by atoms with Gasteiger partial charge < -0.3 is 0 Å². The van der Waals surface area contributed by atoms with E-state index in [-0.39, 0.29) is 16.9 Å². The van der Waals surface area contributed by atoms with Gasteiger partial charge in [-0.25, -0.2) is 13.9 Å². The fourth-order valence-electron chi connectivity index (χ4n) is 3.11. The van der Waals surface area contributed by atoms with Gasteiger partial charge in [-0.05, 0) is 42.7 Å². The minimum Gasteiger partial charge on any atom is -0.279 e. The van der Waals surface area contributed by atoms with Crippen molar-refractivity contribution >= 4 is 17.2 Å². The molecule has 0 saturated carbocycles. The first-order valence-corrected chi connectivity index (χ1v) is 8.86. The fourth-order valence-corrected chi connectivity index (χ4v) is 3.28. The largest absolute Gasteiger partial charge is 0.350 e. The van der Waals surface area contributed by atoms with Gasteiger partial charge >= 0.3 is 11.2 Å². The van der Waals surface area contributed by atoms with Crippen LogP contribution in [0.3, 0.4) is 0 Å². The zero-order valence-electron chi connectivity index (χ0n) is 14.9. The van der Waals surface area contributed by atoms with E-state index in [1.165, 1.54) is 13.6 Å². The van der Waals surface area contributed by atoms with E-state index in [4.69, 9.17) is 11.6 Å². The average Bonchev–Trinajstić information content (AvgIpc) is 2.97. The van der Waals surface area contributed by atoms with Crippen LogP contribution in [-0.4, -0.2) is 18.7 Å². The Morgan fingerprint density at radius 1 is 1.00 bits per heavy atom. The van der Waals surface area contributed by atoms with Gasteiger partial charge in [0, 0.05) is 17.4 Å². The molecule has 0 saturated heterocycles. The Hall–Kier alpha value is -3.12. The van der Waals surface area contributed by atoms with Crippen LogP contribution < -0.4 is 11.2 Å². The number of nitrogens with zero attached hydrogens (tertiary/aromatic N) is 4. The summed E-state index contributed by atoms with van der Waals surface area (Å²) in [5.41, 5.74) is 2.85. The quantitative estimate of drug-likeness (QED) is 0.549. The van der Waals surface area contributed by atoms with Gasteiger partial charge in [-0.15, -0.1) is 5.10 Å². The minimum absolute atomic E-state index is 0.0791. The van der Waals surface area contributed by atoms with Crippen LogP contribution in [0.15, 0.2) is 64.4 Å². The summed E-state index contributed by atoms with van der Waals surface area (Å²) < 4.78 is 4.05. The number of halogens is 1. The molecule has 2 heterocycles. The summed E-state index contributed by atoms with van der Waals surface area (Å²) in [5, 5.41) is 4.86. The molecule has 7 heteroatoms. The maximum Gasteiger partial charge on any atom is 0.350 e. The number of aryl methyl sites for hydroxylation is 1. The molecule has 0 aliphatic carbocycles. The molecule has 136 valence electrons. The Kier molecular flexibility index (Phi) is 4.20. The maximum absolute atomic E-state index is 13.0. The summed E-state index contributed by atoms with van der Waals surface area (Å²) in [6.07, 6.45) is 3.12. The Bertz CT molecular complexity index is 1280. The van der Waals surface area contributed by atoms with Gasteiger partial charge in [-0.3, -0.25) is 9.36 Å². The zero-order valence-corrected chi connectivity index (χ0v) is 15.6. The second kappa shape index (κ2) is 6.55. The molecule has 0 radical (unpaired) electrons. The van der Waals surface area contributed by atoms with Crippen molar-refractivity contribution in [2.24, 2.45) is 0 Å². The lowest BCUT2D eigenvalue weighted by Crippen LogP contribution is -2.24. The monoisotopic (exact) mass is 380 g/mol. The van der Waals surface area contributed by atoms with Crippen LogP contribution in [-0.2, 0) is 6.54 Å². The van der Waals surface area contributed by atoms with Crippen molar-refractivity contribution in [2.75, 3.05) is 0 Å². The topological polar surface area (TPSA) is 61.3 Å². The molecule has 0 aliphatic heterocycles. The summed E-state index contributed by atoms with van der Waals surface area (Å²) in [7, 11) is 0. The van der Waals surface area contributed by atoms with E-state index in [0.29, 0.717) is 17.3 Å². The van der Waals surface area contributed by atoms with Crippen molar-refractivity contribution in [1.29, 1.82) is 0 Å². The van der Waals surface area contributed by atoms with Crippen LogP contribution >= 0.6 is 11.6 Å². The van der Waals surface area contributed by atoms with Gasteiger partial charge in [-0.1, -0.05) is 41.9 Å². The first-order valence-electron chi connectivity index (χ1n) is 8.48. The van der Waals surface area contributed by atoms with Gasteiger partial charge in [0.15, 0.2) is 0 Å². The molecule has 0 fully saturated rings. The third-order valence-electron chi connectivity index (χ3n) is 4.73. The number of fused-ring (bicyclic) bond motifs is 1. The number of benzene rings is 2. The predicted molar refractivity (Wildman–Crippen MR) is 105 cm³/mol. The molecular formula is C20H17ClN4O2. The Morgan fingerprint density at radius 3 is 2.56 bits per heavy atom. The van der Waals surface area contributed by atoms with E-state index in [0.717, 1.165) is 16.7 Å². The molecule has 2 aromatic heterocycles. The van der Waals surface area contributed by atoms with Crippen LogP contribution in [0.4, 0.5) is 0 Å². The number of hydrogen-bond acceptors (Lipinski definition) is 3. The van der Waals surface area contributed by atoms with Crippen molar-refractivity contribution in [2.45, 2.75) is 20.4 Å². The highest BCUT2D eigenvalue weighted by molar-refractivity contribution is 6.31. The molecule has 0 bridgehead atoms. The summed E-state index contributed by atoms with van der Waals surface area (Å²) in [5.74, 6) is 0. The summed E-state index contributed by atoms with van der Waals surface area (Å²) in [6.45, 7) is 4.13. The lowest BCUT2D eigenvalue weighted by molar-refractivity contribution is 0.656. The van der Waals surface area contributed by atoms with Gasteiger partial charge in [0.1, 0.15) is 0 Å².